The van der Waals surface area contributed by atoms with Crippen molar-refractivity contribution in [2.45, 2.75) is 62.4 Å². The second-order valence-corrected chi connectivity index (χ2v) is 11.6. The molecule has 6 N–H and O–H groups in total. The molecule has 46 heavy (non-hydrogen) atoms. The number of hydrogen-bond acceptors (Lipinski definition) is 12. The van der Waals surface area contributed by atoms with E-state index in [9.17, 15) is 34.8 Å². The Morgan fingerprint density at radius 1 is 1.02 bits per heavy atom. The molecule has 2 aliphatic carbocycles. The zero-order chi connectivity index (χ0) is 32.2. The van der Waals surface area contributed by atoms with Gasteiger partial charge in [-0.2, -0.15) is 0 Å². The van der Waals surface area contributed by atoms with Gasteiger partial charge >= 0.3 is 0 Å². The smallest absolute Gasteiger partial charge is 0.202 e. The van der Waals surface area contributed by atoms with Gasteiger partial charge < -0.3 is 45.1 Å². The Kier molecular flexibility index (Phi) is 9.15. The number of fused-ring (bicyclic) bond motifs is 3. The van der Waals surface area contributed by atoms with Gasteiger partial charge in [-0.1, -0.05) is 30.3 Å². The number of aliphatic hydroxyl groups is 2. The number of methoxy groups -OCH3 is 1. The quantitative estimate of drug-likeness (QED) is 0.183. The monoisotopic (exact) mass is 655 g/mol. The minimum Gasteiger partial charge on any atom is -0.507 e. The summed E-state index contributed by atoms with van der Waals surface area (Å²) in [5.74, 6) is -3.06. The van der Waals surface area contributed by atoms with E-state index >= 15 is 0 Å². The van der Waals surface area contributed by atoms with Crippen LogP contribution in [0.3, 0.4) is 0 Å². The fourth-order valence-corrected chi connectivity index (χ4v) is 6.40. The molecule has 244 valence electrons. The third kappa shape index (κ3) is 5.51. The topological polar surface area (TPSA) is 195 Å². The van der Waals surface area contributed by atoms with Crippen LogP contribution in [0, 0.1) is 0 Å². The number of halogens is 1. The summed E-state index contributed by atoms with van der Waals surface area (Å²) in [7, 11) is 1.34. The molecular weight excluding hydrogens is 622 g/mol. The summed E-state index contributed by atoms with van der Waals surface area (Å²) in [5.41, 5.74) is 2.67. The van der Waals surface area contributed by atoms with Gasteiger partial charge in [0.05, 0.1) is 42.1 Å². The standard InChI is InChI=1S/C33H33NO11.ClH/c1-15-28(36)19(34)11-23(44-15)45-21-13-33(41,22(35)14-43-16-7-4-3-5-8-16)12-18-25(21)32(40)27-26(30(18)38)29(37)17-9-6-10-20(42-2)24(17)31(27)39;/h3-10,15,19,21,23,28,36,38,40-41H,11-14,34H2,1-2H3;1H/t15?,19?,21-,23?,28?,33-;/m0./s1. The molecule has 0 bridgehead atoms. The molecule has 13 heteroatoms. The van der Waals surface area contributed by atoms with Gasteiger partial charge in [-0.05, 0) is 25.1 Å². The van der Waals surface area contributed by atoms with Crippen LogP contribution in [-0.2, 0) is 20.7 Å². The van der Waals surface area contributed by atoms with Crippen molar-refractivity contribution in [1.29, 1.82) is 0 Å². The van der Waals surface area contributed by atoms with E-state index in [0.29, 0.717) is 5.75 Å². The zero-order valence-corrected chi connectivity index (χ0v) is 25.8. The summed E-state index contributed by atoms with van der Waals surface area (Å²) >= 11 is 0. The van der Waals surface area contributed by atoms with E-state index in [1.165, 1.54) is 25.3 Å². The van der Waals surface area contributed by atoms with Crippen LogP contribution in [0.25, 0.3) is 0 Å². The summed E-state index contributed by atoms with van der Waals surface area (Å²) in [5, 5.41) is 45.4. The van der Waals surface area contributed by atoms with Gasteiger partial charge in [-0.15, -0.1) is 12.4 Å². The minimum atomic E-state index is -2.19. The first kappa shape index (κ1) is 33.3. The summed E-state index contributed by atoms with van der Waals surface area (Å²) in [6.07, 6.45) is -4.98. The lowest BCUT2D eigenvalue weighted by atomic mass is 9.72. The van der Waals surface area contributed by atoms with Gasteiger partial charge in [0, 0.05) is 42.0 Å². The van der Waals surface area contributed by atoms with Crippen molar-refractivity contribution < 1.29 is 53.8 Å². The average molecular weight is 656 g/mol. The van der Waals surface area contributed by atoms with Gasteiger partial charge in [0.2, 0.25) is 11.6 Å². The van der Waals surface area contributed by atoms with Gasteiger partial charge in [0.15, 0.2) is 12.1 Å². The van der Waals surface area contributed by atoms with E-state index in [1.807, 2.05) is 0 Å². The number of ether oxygens (including phenoxy) is 4. The zero-order valence-electron chi connectivity index (χ0n) is 25.0. The predicted molar refractivity (Wildman–Crippen MR) is 164 cm³/mol. The van der Waals surface area contributed by atoms with Crippen molar-refractivity contribution in [2.24, 2.45) is 5.73 Å². The highest BCUT2D eigenvalue weighted by Gasteiger charge is 2.50. The number of nitrogens with two attached hydrogens (primary N) is 1. The molecule has 0 saturated carbocycles. The largest absolute Gasteiger partial charge is 0.507 e. The highest BCUT2D eigenvalue weighted by atomic mass is 35.5. The fourth-order valence-electron chi connectivity index (χ4n) is 6.40. The van der Waals surface area contributed by atoms with Gasteiger partial charge in [-0.25, -0.2) is 0 Å². The molecule has 0 amide bonds. The maximum atomic E-state index is 13.8. The lowest BCUT2D eigenvalue weighted by Gasteiger charge is -2.42. The molecule has 0 spiro atoms. The molecule has 6 atom stereocenters. The third-order valence-electron chi connectivity index (χ3n) is 8.77. The van der Waals surface area contributed by atoms with E-state index < -0.39 is 95.7 Å². The van der Waals surface area contributed by atoms with Crippen LogP contribution < -0.4 is 15.2 Å². The molecule has 4 unspecified atom stereocenters. The summed E-state index contributed by atoms with van der Waals surface area (Å²) in [6.45, 7) is 1.07. The Morgan fingerprint density at radius 3 is 2.39 bits per heavy atom. The highest BCUT2D eigenvalue weighted by molar-refractivity contribution is 6.31. The van der Waals surface area contributed by atoms with Gasteiger partial charge in [-0.3, -0.25) is 14.4 Å². The lowest BCUT2D eigenvalue weighted by Crippen LogP contribution is -2.53. The molecule has 12 nitrogen and oxygen atoms in total. The number of aromatic hydroxyl groups is 2. The van der Waals surface area contributed by atoms with Crippen LogP contribution in [0.15, 0.2) is 48.5 Å². The molecule has 3 aromatic rings. The second-order valence-electron chi connectivity index (χ2n) is 11.6. The van der Waals surface area contributed by atoms with Crippen LogP contribution in [0.4, 0.5) is 0 Å². The van der Waals surface area contributed by atoms with E-state index in [-0.39, 0.29) is 46.8 Å². The molecule has 0 aromatic heterocycles. The summed E-state index contributed by atoms with van der Waals surface area (Å²) < 4.78 is 22.9. The van der Waals surface area contributed by atoms with Crippen molar-refractivity contribution in [1.82, 2.24) is 0 Å². The highest BCUT2D eigenvalue weighted by Crippen LogP contribution is 2.52. The SMILES string of the molecule is COc1cccc2c1C(=O)c1c(O)c3c(c(O)c1C2=O)C[C@@](O)(C(=O)COc1ccccc1)C[C@@H]3OC1CC(N)C(O)C(C)O1.Cl. The van der Waals surface area contributed by atoms with E-state index in [0.717, 1.165) is 0 Å². The van der Waals surface area contributed by atoms with Crippen LogP contribution in [0.1, 0.15) is 68.8 Å². The van der Waals surface area contributed by atoms with E-state index in [4.69, 9.17) is 24.7 Å². The van der Waals surface area contributed by atoms with Crippen LogP contribution in [0.5, 0.6) is 23.0 Å². The predicted octanol–water partition coefficient (Wildman–Crippen LogP) is 2.51. The minimum absolute atomic E-state index is 0. The van der Waals surface area contributed by atoms with Crippen molar-refractivity contribution in [2.75, 3.05) is 13.7 Å². The molecule has 3 aromatic carbocycles. The number of carbonyl (C=O) groups is 3. The number of ketones is 3. The number of benzene rings is 3. The van der Waals surface area contributed by atoms with Crippen LogP contribution in [0.2, 0.25) is 0 Å². The number of Topliss-reactive ketones (excluding diaryl/α,β-unsaturated/α-hetero) is 1. The maximum absolute atomic E-state index is 13.8. The molecule has 3 aliphatic rings. The molecule has 1 saturated heterocycles. The normalized spacial score (nSPS) is 26.7. The maximum Gasteiger partial charge on any atom is 0.202 e. The van der Waals surface area contributed by atoms with Gasteiger partial charge in [0.1, 0.15) is 35.2 Å². The first-order valence-corrected chi connectivity index (χ1v) is 14.5. The number of phenolic OH excluding ortho intramolecular Hbond substituents is 2. The Hall–Kier alpha value is -4.04. The van der Waals surface area contributed by atoms with Crippen LogP contribution in [-0.4, -0.2) is 81.6 Å². The Bertz CT molecular complexity index is 1680. The first-order chi connectivity index (χ1) is 21.4. The van der Waals surface area contributed by atoms with E-state index in [2.05, 4.69) is 0 Å². The average Bonchev–Trinajstić information content (AvgIpc) is 3.02. The second kappa shape index (κ2) is 12.6. The van der Waals surface area contributed by atoms with Gasteiger partial charge in [0.25, 0.3) is 0 Å². The number of hydrogen-bond donors (Lipinski definition) is 5. The van der Waals surface area contributed by atoms with E-state index in [1.54, 1.807) is 37.3 Å². The molecule has 1 aliphatic heterocycles. The molecule has 1 fully saturated rings. The van der Waals surface area contributed by atoms with Crippen molar-refractivity contribution in [3.63, 3.8) is 0 Å². The summed E-state index contributed by atoms with van der Waals surface area (Å²) in [4.78, 5) is 41.1. The Morgan fingerprint density at radius 2 is 1.72 bits per heavy atom. The number of carbonyl (C=O) groups excluding carboxylic acids is 3. The number of para-hydroxylation sites is 1. The molecule has 6 rings (SSSR count). The molecular formula is C33H34ClNO11. The Balaban J connectivity index is 0.00000417. The summed E-state index contributed by atoms with van der Waals surface area (Å²) in [6, 6.07) is 12.2. The van der Waals surface area contributed by atoms with Crippen molar-refractivity contribution >= 4 is 29.8 Å². The number of phenols is 2. The number of aliphatic hydroxyl groups excluding tert-OH is 1. The fraction of sp³-hybridized carbons (Fsp3) is 0.364. The third-order valence-corrected chi connectivity index (χ3v) is 8.77. The molecule has 1 heterocycles. The van der Waals surface area contributed by atoms with Crippen molar-refractivity contribution in [3.05, 3.63) is 81.9 Å². The van der Waals surface area contributed by atoms with Crippen LogP contribution >= 0.6 is 12.4 Å². The first-order valence-electron chi connectivity index (χ1n) is 14.5. The molecule has 0 radical (unpaired) electrons. The van der Waals surface area contributed by atoms with Crippen molar-refractivity contribution in [3.8, 4) is 23.0 Å². The lowest BCUT2D eigenvalue weighted by molar-refractivity contribution is -0.247. The Labute approximate surface area is 270 Å². The number of rotatable bonds is 7.